The highest BCUT2D eigenvalue weighted by Crippen LogP contribution is 2.06. The van der Waals surface area contributed by atoms with Gasteiger partial charge in [0.05, 0.1) is 0 Å². The molecule has 4 heteroatoms. The van der Waals surface area contributed by atoms with Gasteiger partial charge in [0, 0.05) is 12.1 Å². The average Bonchev–Trinajstić information content (AvgIpc) is 2.74. The molecule has 0 fully saturated rings. The van der Waals surface area contributed by atoms with Crippen LogP contribution in [0.3, 0.4) is 0 Å². The summed E-state index contributed by atoms with van der Waals surface area (Å²) in [4.78, 5) is 11.7. The van der Waals surface area contributed by atoms with E-state index < -0.39 is 0 Å². The summed E-state index contributed by atoms with van der Waals surface area (Å²) in [6.45, 7) is 4.31. The average molecular weight is 230 g/mol. The van der Waals surface area contributed by atoms with Crippen LogP contribution in [0.15, 0.2) is 35.1 Å². The fourth-order valence-corrected chi connectivity index (χ4v) is 1.48. The quantitative estimate of drug-likeness (QED) is 0.879. The minimum atomic E-state index is -0.211. The van der Waals surface area contributed by atoms with Gasteiger partial charge < -0.3 is 9.84 Å². The molecule has 0 radical (unpaired) electrons. The predicted molar refractivity (Wildman–Crippen MR) is 63.6 cm³/mol. The topological polar surface area (TPSA) is 55.1 Å². The highest BCUT2D eigenvalue weighted by Gasteiger charge is 2.12. The predicted octanol–water partition coefficient (Wildman–Crippen LogP) is 2.22. The molecule has 0 saturated carbocycles. The Morgan fingerprint density at radius 2 is 2.00 bits per heavy atom. The van der Waals surface area contributed by atoms with Crippen LogP contribution in [0.1, 0.15) is 27.2 Å². The number of amides is 1. The fourth-order valence-electron chi connectivity index (χ4n) is 1.48. The summed E-state index contributed by atoms with van der Waals surface area (Å²) in [5.74, 6) is -0.211. The van der Waals surface area contributed by atoms with Crippen molar-refractivity contribution >= 4 is 5.91 Å². The largest absolute Gasteiger partial charge is 0.364 e. The number of aryl methyl sites for hydroxylation is 2. The number of carbonyl (C=O) groups is 1. The van der Waals surface area contributed by atoms with E-state index in [4.69, 9.17) is 4.52 Å². The van der Waals surface area contributed by atoms with Crippen molar-refractivity contribution < 1.29 is 9.32 Å². The van der Waals surface area contributed by atoms with Crippen LogP contribution in [0.4, 0.5) is 0 Å². The third-order valence-corrected chi connectivity index (χ3v) is 2.54. The number of nitrogens with zero attached hydrogens (tertiary/aromatic N) is 1. The number of nitrogens with one attached hydrogen (secondary N) is 1. The Hall–Kier alpha value is -2.10. The summed E-state index contributed by atoms with van der Waals surface area (Å²) >= 11 is 0. The van der Waals surface area contributed by atoms with Gasteiger partial charge in [-0.05, 0) is 19.4 Å². The molecule has 2 aromatic rings. The van der Waals surface area contributed by atoms with Crippen LogP contribution in [-0.2, 0) is 6.54 Å². The van der Waals surface area contributed by atoms with Crippen LogP contribution < -0.4 is 5.32 Å². The number of benzene rings is 1. The highest BCUT2D eigenvalue weighted by atomic mass is 16.5. The zero-order valence-electron chi connectivity index (χ0n) is 9.86. The molecule has 1 aromatic carbocycles. The van der Waals surface area contributed by atoms with Crippen LogP contribution >= 0.6 is 0 Å². The molecule has 0 aliphatic rings. The van der Waals surface area contributed by atoms with Gasteiger partial charge >= 0.3 is 0 Å². The monoisotopic (exact) mass is 230 g/mol. The van der Waals surface area contributed by atoms with Crippen molar-refractivity contribution in [3.63, 3.8) is 0 Å². The molecule has 1 heterocycles. The number of aromatic nitrogens is 1. The highest BCUT2D eigenvalue weighted by molar-refractivity contribution is 5.93. The Bertz CT molecular complexity index is 514. The molecule has 0 atom stereocenters. The van der Waals surface area contributed by atoms with E-state index in [1.165, 1.54) is 11.8 Å². The summed E-state index contributed by atoms with van der Waals surface area (Å²) in [5, 5.41) is 6.46. The second kappa shape index (κ2) is 4.82. The van der Waals surface area contributed by atoms with E-state index in [0.29, 0.717) is 12.2 Å². The van der Waals surface area contributed by atoms with Crippen LogP contribution in [0.5, 0.6) is 0 Å². The molecule has 1 N–H and O–H groups in total. The van der Waals surface area contributed by atoms with Crippen molar-refractivity contribution in [3.8, 4) is 0 Å². The van der Waals surface area contributed by atoms with E-state index in [1.54, 1.807) is 6.92 Å². The van der Waals surface area contributed by atoms with Crippen molar-refractivity contribution in [3.05, 3.63) is 52.9 Å². The maximum Gasteiger partial charge on any atom is 0.274 e. The van der Waals surface area contributed by atoms with Gasteiger partial charge in [-0.25, -0.2) is 0 Å². The zero-order valence-corrected chi connectivity index (χ0v) is 9.86. The Balaban J connectivity index is 1.97. The molecule has 2 rings (SSSR count). The summed E-state index contributed by atoms with van der Waals surface area (Å²) in [7, 11) is 0. The van der Waals surface area contributed by atoms with Gasteiger partial charge in [-0.3, -0.25) is 4.79 Å². The lowest BCUT2D eigenvalue weighted by atomic mass is 10.1. The van der Waals surface area contributed by atoms with E-state index in [2.05, 4.69) is 10.5 Å². The molecule has 0 unspecified atom stereocenters. The Morgan fingerprint density at radius 1 is 1.29 bits per heavy atom. The Kier molecular flexibility index (Phi) is 3.23. The second-order valence-electron chi connectivity index (χ2n) is 4.01. The van der Waals surface area contributed by atoms with Gasteiger partial charge in [-0.15, -0.1) is 0 Å². The lowest BCUT2D eigenvalue weighted by Gasteiger charge is -2.04. The number of hydrogen-bond acceptors (Lipinski definition) is 3. The van der Waals surface area contributed by atoms with Crippen molar-refractivity contribution in [1.82, 2.24) is 10.5 Å². The van der Waals surface area contributed by atoms with E-state index >= 15 is 0 Å². The smallest absolute Gasteiger partial charge is 0.274 e. The SMILES string of the molecule is Cc1ccc(CNC(=O)c2nocc2C)cc1. The normalized spacial score (nSPS) is 10.2. The molecular formula is C13H14N2O2. The lowest BCUT2D eigenvalue weighted by Crippen LogP contribution is -2.23. The number of hydrogen-bond donors (Lipinski definition) is 1. The first-order valence-electron chi connectivity index (χ1n) is 5.41. The fraction of sp³-hybridized carbons (Fsp3) is 0.231. The third kappa shape index (κ3) is 2.72. The maximum absolute atomic E-state index is 11.7. The van der Waals surface area contributed by atoms with E-state index in [-0.39, 0.29) is 5.91 Å². The molecule has 0 spiro atoms. The molecular weight excluding hydrogens is 216 g/mol. The molecule has 0 bridgehead atoms. The number of rotatable bonds is 3. The third-order valence-electron chi connectivity index (χ3n) is 2.54. The lowest BCUT2D eigenvalue weighted by molar-refractivity contribution is 0.0941. The van der Waals surface area contributed by atoms with Gasteiger partial charge in [0.15, 0.2) is 5.69 Å². The Morgan fingerprint density at radius 3 is 2.59 bits per heavy atom. The molecule has 0 aliphatic heterocycles. The van der Waals surface area contributed by atoms with Gasteiger partial charge in [-0.2, -0.15) is 0 Å². The van der Waals surface area contributed by atoms with Crippen molar-refractivity contribution in [1.29, 1.82) is 0 Å². The molecule has 0 aliphatic carbocycles. The van der Waals surface area contributed by atoms with Crippen LogP contribution in [0, 0.1) is 13.8 Å². The first-order chi connectivity index (χ1) is 8.16. The van der Waals surface area contributed by atoms with Gasteiger partial charge in [0.25, 0.3) is 5.91 Å². The molecule has 4 nitrogen and oxygen atoms in total. The molecule has 1 amide bonds. The van der Waals surface area contributed by atoms with E-state index in [9.17, 15) is 4.79 Å². The minimum absolute atomic E-state index is 0.211. The van der Waals surface area contributed by atoms with Gasteiger partial charge in [0.2, 0.25) is 0 Å². The van der Waals surface area contributed by atoms with Crippen LogP contribution in [0.2, 0.25) is 0 Å². The molecule has 88 valence electrons. The van der Waals surface area contributed by atoms with E-state index in [1.807, 2.05) is 31.2 Å². The summed E-state index contributed by atoms with van der Waals surface area (Å²) < 4.78 is 4.72. The standard InChI is InChI=1S/C13H14N2O2/c1-9-3-5-11(6-4-9)7-14-13(16)12-10(2)8-17-15-12/h3-6,8H,7H2,1-2H3,(H,14,16). The summed E-state index contributed by atoms with van der Waals surface area (Å²) in [5.41, 5.74) is 3.35. The van der Waals surface area contributed by atoms with E-state index in [0.717, 1.165) is 11.1 Å². The molecule has 17 heavy (non-hydrogen) atoms. The van der Waals surface area contributed by atoms with Crippen molar-refractivity contribution in [2.75, 3.05) is 0 Å². The minimum Gasteiger partial charge on any atom is -0.364 e. The first-order valence-corrected chi connectivity index (χ1v) is 5.41. The second-order valence-corrected chi connectivity index (χ2v) is 4.01. The van der Waals surface area contributed by atoms with Crippen LogP contribution in [0.25, 0.3) is 0 Å². The summed E-state index contributed by atoms with van der Waals surface area (Å²) in [6, 6.07) is 8.02. The van der Waals surface area contributed by atoms with Gasteiger partial charge in [0.1, 0.15) is 6.26 Å². The van der Waals surface area contributed by atoms with Gasteiger partial charge in [-0.1, -0.05) is 35.0 Å². The zero-order chi connectivity index (χ0) is 12.3. The Labute approximate surface area is 99.6 Å². The molecule has 1 aromatic heterocycles. The first kappa shape index (κ1) is 11.4. The number of carbonyl (C=O) groups excluding carboxylic acids is 1. The molecule has 0 saturated heterocycles. The van der Waals surface area contributed by atoms with Crippen molar-refractivity contribution in [2.24, 2.45) is 0 Å². The summed E-state index contributed by atoms with van der Waals surface area (Å²) in [6.07, 6.45) is 1.46. The maximum atomic E-state index is 11.7. The van der Waals surface area contributed by atoms with Crippen molar-refractivity contribution in [2.45, 2.75) is 20.4 Å². The van der Waals surface area contributed by atoms with Crippen LogP contribution in [-0.4, -0.2) is 11.1 Å².